The first-order valence-corrected chi connectivity index (χ1v) is 6.14. The number of rotatable bonds is 2. The fraction of sp³-hybridized carbons (Fsp3) is 0.154. The highest BCUT2D eigenvalue weighted by Gasteiger charge is 2.34. The molecule has 19 heavy (non-hydrogen) atoms. The summed E-state index contributed by atoms with van der Waals surface area (Å²) in [7, 11) is 0. The lowest BCUT2D eigenvalue weighted by atomic mass is 10.0. The van der Waals surface area contributed by atoms with E-state index in [-0.39, 0.29) is 5.56 Å². The minimum absolute atomic E-state index is 0.0870. The Labute approximate surface area is 110 Å². The minimum Gasteiger partial charge on any atom is -0.288 e. The Balaban J connectivity index is 2.41. The Morgan fingerprint density at radius 1 is 1.21 bits per heavy atom. The Morgan fingerprint density at radius 3 is 2.37 bits per heavy atom. The first-order valence-electron chi connectivity index (χ1n) is 5.26. The van der Waals surface area contributed by atoms with E-state index in [0.29, 0.717) is 17.0 Å². The molecule has 100 valence electrons. The molecule has 0 bridgehead atoms. The number of hydrogen-bond acceptors (Lipinski definition) is 2. The lowest BCUT2D eigenvalue weighted by Gasteiger charge is -2.08. The van der Waals surface area contributed by atoms with Crippen LogP contribution in [0.25, 0.3) is 0 Å². The van der Waals surface area contributed by atoms with Gasteiger partial charge in [0.05, 0.1) is 10.4 Å². The van der Waals surface area contributed by atoms with Gasteiger partial charge in [0.2, 0.25) is 5.78 Å². The van der Waals surface area contributed by atoms with Crippen molar-refractivity contribution in [2.24, 2.45) is 0 Å². The third-order valence-corrected chi connectivity index (χ3v) is 3.62. The van der Waals surface area contributed by atoms with Gasteiger partial charge < -0.3 is 0 Å². The maximum Gasteiger partial charge on any atom is 0.419 e. The summed E-state index contributed by atoms with van der Waals surface area (Å²) in [5, 5.41) is 1.70. The van der Waals surface area contributed by atoms with E-state index < -0.39 is 23.3 Å². The number of carbonyl (C=O) groups excluding carboxylic acids is 1. The van der Waals surface area contributed by atoms with Gasteiger partial charge in [0, 0.05) is 5.56 Å². The predicted molar refractivity (Wildman–Crippen MR) is 63.9 cm³/mol. The van der Waals surface area contributed by atoms with Gasteiger partial charge in [-0.15, -0.1) is 11.3 Å². The van der Waals surface area contributed by atoms with E-state index in [2.05, 4.69) is 0 Å². The van der Waals surface area contributed by atoms with Gasteiger partial charge in [-0.1, -0.05) is 6.07 Å². The molecule has 0 saturated carbocycles. The van der Waals surface area contributed by atoms with Crippen molar-refractivity contribution in [2.75, 3.05) is 0 Å². The van der Waals surface area contributed by atoms with E-state index in [1.54, 1.807) is 18.4 Å². The minimum atomic E-state index is -4.76. The fourth-order valence-electron chi connectivity index (χ4n) is 1.62. The van der Waals surface area contributed by atoms with Crippen molar-refractivity contribution in [3.05, 3.63) is 57.0 Å². The number of carbonyl (C=O) groups is 1. The van der Waals surface area contributed by atoms with E-state index in [4.69, 9.17) is 0 Å². The highest BCUT2D eigenvalue weighted by atomic mass is 32.1. The molecule has 0 aliphatic carbocycles. The van der Waals surface area contributed by atoms with Crippen molar-refractivity contribution in [3.63, 3.8) is 0 Å². The highest BCUT2D eigenvalue weighted by Crippen LogP contribution is 2.32. The van der Waals surface area contributed by atoms with Crippen LogP contribution in [0.5, 0.6) is 0 Å². The van der Waals surface area contributed by atoms with Crippen LogP contribution in [-0.2, 0) is 6.18 Å². The zero-order valence-corrected chi connectivity index (χ0v) is 10.5. The third-order valence-electron chi connectivity index (χ3n) is 2.60. The van der Waals surface area contributed by atoms with Gasteiger partial charge in [0.1, 0.15) is 5.82 Å². The van der Waals surface area contributed by atoms with Crippen molar-refractivity contribution in [3.8, 4) is 0 Å². The second-order valence-electron chi connectivity index (χ2n) is 3.95. The van der Waals surface area contributed by atoms with E-state index in [0.717, 1.165) is 11.6 Å². The van der Waals surface area contributed by atoms with Gasteiger partial charge in [-0.05, 0) is 36.1 Å². The quantitative estimate of drug-likeness (QED) is 0.589. The zero-order chi connectivity index (χ0) is 14.2. The largest absolute Gasteiger partial charge is 0.419 e. The number of benzene rings is 1. The van der Waals surface area contributed by atoms with Gasteiger partial charge in [0.15, 0.2) is 0 Å². The lowest BCUT2D eigenvalue weighted by Crippen LogP contribution is -2.10. The van der Waals surface area contributed by atoms with Crippen molar-refractivity contribution >= 4 is 17.1 Å². The number of alkyl halides is 3. The summed E-state index contributed by atoms with van der Waals surface area (Å²) < 4.78 is 50.6. The van der Waals surface area contributed by atoms with Crippen molar-refractivity contribution in [1.82, 2.24) is 0 Å². The van der Waals surface area contributed by atoms with Gasteiger partial charge in [-0.3, -0.25) is 4.79 Å². The van der Waals surface area contributed by atoms with E-state index >= 15 is 0 Å². The number of hydrogen-bond donors (Lipinski definition) is 0. The Morgan fingerprint density at radius 2 is 1.89 bits per heavy atom. The van der Waals surface area contributed by atoms with E-state index in [1.807, 2.05) is 0 Å². The smallest absolute Gasteiger partial charge is 0.288 e. The zero-order valence-electron chi connectivity index (χ0n) is 9.72. The van der Waals surface area contributed by atoms with Crippen LogP contribution in [0.3, 0.4) is 0 Å². The van der Waals surface area contributed by atoms with Crippen LogP contribution < -0.4 is 0 Å². The lowest BCUT2D eigenvalue weighted by molar-refractivity contribution is -0.140. The standard InChI is InChI=1S/C13H8F4OS/c1-7-4-5-19-12(7)11(18)8-2-3-9(10(14)6-8)13(15,16)17/h2-6H,1H3. The molecule has 0 aliphatic heterocycles. The van der Waals surface area contributed by atoms with Crippen LogP contribution in [0.1, 0.15) is 26.4 Å². The molecular weight excluding hydrogens is 280 g/mol. The van der Waals surface area contributed by atoms with Crippen molar-refractivity contribution in [2.45, 2.75) is 13.1 Å². The molecule has 1 nitrogen and oxygen atoms in total. The SMILES string of the molecule is Cc1ccsc1C(=O)c1ccc(C(F)(F)F)c(F)c1. The monoisotopic (exact) mass is 288 g/mol. The van der Waals surface area contributed by atoms with Gasteiger partial charge in [-0.25, -0.2) is 4.39 Å². The molecule has 0 fully saturated rings. The summed E-state index contributed by atoms with van der Waals surface area (Å²) >= 11 is 1.17. The molecule has 1 aromatic carbocycles. The van der Waals surface area contributed by atoms with Gasteiger partial charge in [-0.2, -0.15) is 13.2 Å². The van der Waals surface area contributed by atoms with Crippen LogP contribution in [0.4, 0.5) is 17.6 Å². The topological polar surface area (TPSA) is 17.1 Å². The number of thiophene rings is 1. The van der Waals surface area contributed by atoms with Crippen LogP contribution in [0.2, 0.25) is 0 Å². The normalized spacial score (nSPS) is 11.6. The number of aryl methyl sites for hydroxylation is 1. The molecule has 0 spiro atoms. The molecular formula is C13H8F4OS. The average molecular weight is 288 g/mol. The Bertz CT molecular complexity index is 628. The van der Waals surface area contributed by atoms with Gasteiger partial charge in [0.25, 0.3) is 0 Å². The van der Waals surface area contributed by atoms with Crippen molar-refractivity contribution < 1.29 is 22.4 Å². The molecule has 0 radical (unpaired) electrons. The summed E-state index contributed by atoms with van der Waals surface area (Å²) in [5.74, 6) is -1.91. The Hall–Kier alpha value is -1.69. The van der Waals surface area contributed by atoms with Crippen LogP contribution in [0.15, 0.2) is 29.6 Å². The third kappa shape index (κ3) is 2.68. The van der Waals surface area contributed by atoms with Crippen molar-refractivity contribution in [1.29, 1.82) is 0 Å². The molecule has 0 amide bonds. The predicted octanol–water partition coefficient (Wildman–Crippen LogP) is 4.45. The fourth-order valence-corrected chi connectivity index (χ4v) is 2.51. The first kappa shape index (κ1) is 13.7. The number of ketones is 1. The van der Waals surface area contributed by atoms with E-state index in [1.165, 1.54) is 11.3 Å². The highest BCUT2D eigenvalue weighted by molar-refractivity contribution is 7.12. The molecule has 0 saturated heterocycles. The molecule has 2 rings (SSSR count). The molecule has 0 unspecified atom stereocenters. The summed E-state index contributed by atoms with van der Waals surface area (Å²) in [6.07, 6.45) is -4.76. The van der Waals surface area contributed by atoms with Crippen LogP contribution in [-0.4, -0.2) is 5.78 Å². The molecule has 1 heterocycles. The first-order chi connectivity index (χ1) is 8.80. The molecule has 0 atom stereocenters. The summed E-state index contributed by atoms with van der Waals surface area (Å²) in [6, 6.07) is 3.93. The van der Waals surface area contributed by atoms with Crippen LogP contribution in [0, 0.1) is 12.7 Å². The molecule has 0 N–H and O–H groups in total. The average Bonchev–Trinajstić information content (AvgIpc) is 2.72. The molecule has 2 aromatic rings. The molecule has 1 aromatic heterocycles. The molecule has 0 aliphatic rings. The second kappa shape index (κ2) is 4.77. The summed E-state index contributed by atoms with van der Waals surface area (Å²) in [5.41, 5.74) is -0.738. The molecule has 6 heteroatoms. The maximum absolute atomic E-state index is 13.4. The maximum atomic E-state index is 13.4. The summed E-state index contributed by atoms with van der Waals surface area (Å²) in [6.45, 7) is 1.71. The Kier molecular flexibility index (Phi) is 3.45. The van der Waals surface area contributed by atoms with E-state index in [9.17, 15) is 22.4 Å². The second-order valence-corrected chi connectivity index (χ2v) is 4.87. The number of halogens is 4. The van der Waals surface area contributed by atoms with Gasteiger partial charge >= 0.3 is 6.18 Å². The van der Waals surface area contributed by atoms with Crippen LogP contribution >= 0.6 is 11.3 Å². The summed E-state index contributed by atoms with van der Waals surface area (Å²) in [4.78, 5) is 12.4.